The minimum Gasteiger partial charge on any atom is -0.372 e. The average Bonchev–Trinajstić information content (AvgIpc) is 3.08. The number of nitrogens with zero attached hydrogens (tertiary/aromatic N) is 2. The molecule has 0 radical (unpaired) electrons. The van der Waals surface area contributed by atoms with Crippen molar-refractivity contribution in [2.75, 3.05) is 0 Å². The second-order valence-corrected chi connectivity index (χ2v) is 6.20. The summed E-state index contributed by atoms with van der Waals surface area (Å²) in [5.74, 6) is -0.868. The van der Waals surface area contributed by atoms with Gasteiger partial charge in [-0.1, -0.05) is 48.5 Å². The highest BCUT2D eigenvalue weighted by molar-refractivity contribution is 5.89. The van der Waals surface area contributed by atoms with Gasteiger partial charge in [-0.05, 0) is 40.5 Å². The number of carbonyl (C=O) groups is 1. The first-order valence-electron chi connectivity index (χ1n) is 8.25. The molecule has 7 heteroatoms. The number of H-pyrrole nitrogens is 1. The molecule has 134 valence electrons. The van der Waals surface area contributed by atoms with Crippen molar-refractivity contribution >= 4 is 11.6 Å². The SMILES string of the molecule is NC(=O)C(O)(c1ccccc1)c1cccc(-c2ccc3n[nH]c(=O)n3c2)c1. The third-order valence-corrected chi connectivity index (χ3v) is 4.57. The molecule has 0 saturated carbocycles. The number of hydrogen-bond donors (Lipinski definition) is 3. The van der Waals surface area contributed by atoms with Crippen LogP contribution in [0.3, 0.4) is 0 Å². The van der Waals surface area contributed by atoms with E-state index < -0.39 is 11.5 Å². The molecule has 4 rings (SSSR count). The number of fused-ring (bicyclic) bond motifs is 1. The molecule has 4 aromatic rings. The quantitative estimate of drug-likeness (QED) is 0.510. The van der Waals surface area contributed by atoms with Crippen molar-refractivity contribution in [2.45, 2.75) is 5.60 Å². The number of aromatic amines is 1. The van der Waals surface area contributed by atoms with Gasteiger partial charge in [-0.25, -0.2) is 14.3 Å². The summed E-state index contributed by atoms with van der Waals surface area (Å²) in [6, 6.07) is 18.9. The molecule has 1 unspecified atom stereocenters. The van der Waals surface area contributed by atoms with Crippen LogP contribution in [0.25, 0.3) is 16.8 Å². The van der Waals surface area contributed by atoms with E-state index in [0.717, 1.165) is 11.1 Å². The van der Waals surface area contributed by atoms with E-state index in [2.05, 4.69) is 10.2 Å². The summed E-state index contributed by atoms with van der Waals surface area (Å²) in [4.78, 5) is 24.0. The lowest BCUT2D eigenvalue weighted by atomic mass is 9.84. The number of primary amides is 1. The van der Waals surface area contributed by atoms with Gasteiger partial charge in [0, 0.05) is 6.20 Å². The summed E-state index contributed by atoms with van der Waals surface area (Å²) < 4.78 is 1.39. The Morgan fingerprint density at radius 2 is 1.74 bits per heavy atom. The fraction of sp³-hybridized carbons (Fsp3) is 0.0500. The van der Waals surface area contributed by atoms with Gasteiger partial charge in [-0.15, -0.1) is 0 Å². The van der Waals surface area contributed by atoms with Crippen LogP contribution in [0.5, 0.6) is 0 Å². The maximum absolute atomic E-state index is 12.2. The highest BCUT2D eigenvalue weighted by Gasteiger charge is 2.38. The number of nitrogens with two attached hydrogens (primary N) is 1. The Hall–Kier alpha value is -3.71. The molecule has 2 heterocycles. The van der Waals surface area contributed by atoms with Gasteiger partial charge in [0.2, 0.25) is 0 Å². The van der Waals surface area contributed by atoms with Crippen LogP contribution in [0.2, 0.25) is 0 Å². The number of amides is 1. The molecule has 0 aliphatic heterocycles. The van der Waals surface area contributed by atoms with E-state index >= 15 is 0 Å². The van der Waals surface area contributed by atoms with E-state index in [0.29, 0.717) is 16.8 Å². The monoisotopic (exact) mass is 360 g/mol. The Labute approximate surface area is 153 Å². The summed E-state index contributed by atoms with van der Waals surface area (Å²) >= 11 is 0. The first-order chi connectivity index (χ1) is 13.0. The third kappa shape index (κ3) is 2.70. The molecule has 0 spiro atoms. The molecule has 1 atom stereocenters. The molecular weight excluding hydrogens is 344 g/mol. The van der Waals surface area contributed by atoms with Crippen LogP contribution in [0.4, 0.5) is 0 Å². The van der Waals surface area contributed by atoms with Gasteiger partial charge in [0.25, 0.3) is 5.91 Å². The van der Waals surface area contributed by atoms with Crippen molar-refractivity contribution < 1.29 is 9.90 Å². The van der Waals surface area contributed by atoms with Gasteiger partial charge < -0.3 is 10.8 Å². The molecule has 4 N–H and O–H groups in total. The first-order valence-corrected chi connectivity index (χ1v) is 8.25. The molecule has 0 bridgehead atoms. The summed E-state index contributed by atoms with van der Waals surface area (Å²) in [6.07, 6.45) is 1.64. The summed E-state index contributed by atoms with van der Waals surface area (Å²) in [6.45, 7) is 0. The van der Waals surface area contributed by atoms with E-state index in [9.17, 15) is 14.7 Å². The van der Waals surface area contributed by atoms with E-state index in [1.165, 1.54) is 4.40 Å². The van der Waals surface area contributed by atoms with Crippen LogP contribution in [0.15, 0.2) is 77.7 Å². The summed E-state index contributed by atoms with van der Waals surface area (Å²) in [5.41, 5.74) is 5.93. The maximum atomic E-state index is 12.2. The predicted octanol–water partition coefficient (Wildman–Crippen LogP) is 1.41. The van der Waals surface area contributed by atoms with Crippen LogP contribution < -0.4 is 11.4 Å². The maximum Gasteiger partial charge on any atom is 0.347 e. The van der Waals surface area contributed by atoms with Crippen molar-refractivity contribution in [1.82, 2.24) is 14.6 Å². The normalized spacial score (nSPS) is 13.4. The number of hydrogen-bond acceptors (Lipinski definition) is 4. The van der Waals surface area contributed by atoms with Crippen molar-refractivity contribution in [2.24, 2.45) is 5.73 Å². The molecule has 0 fully saturated rings. The largest absolute Gasteiger partial charge is 0.372 e. The Balaban J connectivity index is 1.86. The molecule has 0 saturated heterocycles. The summed E-state index contributed by atoms with van der Waals surface area (Å²) in [7, 11) is 0. The summed E-state index contributed by atoms with van der Waals surface area (Å²) in [5, 5.41) is 17.4. The molecule has 2 aromatic carbocycles. The molecular formula is C20H16N4O3. The van der Waals surface area contributed by atoms with E-state index in [1.54, 1.807) is 66.9 Å². The van der Waals surface area contributed by atoms with Crippen LogP contribution in [0.1, 0.15) is 11.1 Å². The Kier molecular flexibility index (Phi) is 3.86. The van der Waals surface area contributed by atoms with Crippen LogP contribution in [-0.4, -0.2) is 25.6 Å². The number of nitrogens with one attached hydrogen (secondary N) is 1. The molecule has 0 aliphatic rings. The fourth-order valence-corrected chi connectivity index (χ4v) is 3.13. The first kappa shape index (κ1) is 16.7. The number of benzene rings is 2. The second kappa shape index (κ2) is 6.22. The van der Waals surface area contributed by atoms with Gasteiger partial charge in [0.05, 0.1) is 0 Å². The Morgan fingerprint density at radius 1 is 1.00 bits per heavy atom. The Morgan fingerprint density at radius 3 is 2.48 bits per heavy atom. The van der Waals surface area contributed by atoms with Crippen molar-refractivity contribution in [3.8, 4) is 11.1 Å². The molecule has 1 amide bonds. The average molecular weight is 360 g/mol. The zero-order valence-electron chi connectivity index (χ0n) is 14.2. The zero-order valence-corrected chi connectivity index (χ0v) is 14.2. The minimum atomic E-state index is -1.96. The predicted molar refractivity (Wildman–Crippen MR) is 99.9 cm³/mol. The van der Waals surface area contributed by atoms with Crippen LogP contribution in [-0.2, 0) is 10.4 Å². The third-order valence-electron chi connectivity index (χ3n) is 4.57. The van der Waals surface area contributed by atoms with Gasteiger partial charge in [-0.3, -0.25) is 4.79 Å². The molecule has 0 aliphatic carbocycles. The van der Waals surface area contributed by atoms with Gasteiger partial charge in [-0.2, -0.15) is 5.10 Å². The molecule has 7 nitrogen and oxygen atoms in total. The van der Waals surface area contributed by atoms with Gasteiger partial charge in [0.15, 0.2) is 11.2 Å². The lowest BCUT2D eigenvalue weighted by Gasteiger charge is -2.26. The highest BCUT2D eigenvalue weighted by Crippen LogP contribution is 2.32. The Bertz CT molecular complexity index is 1200. The highest BCUT2D eigenvalue weighted by atomic mass is 16.3. The van der Waals surface area contributed by atoms with E-state index in [1.807, 2.05) is 6.07 Å². The number of aliphatic hydroxyl groups is 1. The fourth-order valence-electron chi connectivity index (χ4n) is 3.13. The lowest BCUT2D eigenvalue weighted by Crippen LogP contribution is -2.42. The molecule has 27 heavy (non-hydrogen) atoms. The van der Waals surface area contributed by atoms with E-state index in [4.69, 9.17) is 5.73 Å². The minimum absolute atomic E-state index is 0.346. The van der Waals surface area contributed by atoms with Gasteiger partial charge >= 0.3 is 5.69 Å². The van der Waals surface area contributed by atoms with Crippen molar-refractivity contribution in [3.63, 3.8) is 0 Å². The topological polar surface area (TPSA) is 113 Å². The number of aromatic nitrogens is 3. The van der Waals surface area contributed by atoms with E-state index in [-0.39, 0.29) is 5.69 Å². The van der Waals surface area contributed by atoms with Crippen LogP contribution in [0, 0.1) is 0 Å². The standard InChI is InChI=1S/C20H16N4O3/c21-18(25)20(27,15-6-2-1-3-7-15)16-8-4-5-13(11-16)14-9-10-17-22-23-19(26)24(17)12-14/h1-12,27H,(H2,21,25)(H,23,26). The number of carbonyl (C=O) groups excluding carboxylic acids is 1. The molecule has 2 aromatic heterocycles. The smallest absolute Gasteiger partial charge is 0.347 e. The lowest BCUT2D eigenvalue weighted by molar-refractivity contribution is -0.133. The van der Waals surface area contributed by atoms with Crippen molar-refractivity contribution in [3.05, 3.63) is 94.5 Å². The van der Waals surface area contributed by atoms with Crippen LogP contribution >= 0.6 is 0 Å². The number of rotatable bonds is 4. The number of pyridine rings is 1. The van der Waals surface area contributed by atoms with Crippen molar-refractivity contribution in [1.29, 1.82) is 0 Å². The zero-order chi connectivity index (χ0) is 19.0. The second-order valence-electron chi connectivity index (χ2n) is 6.20. The van der Waals surface area contributed by atoms with Gasteiger partial charge in [0.1, 0.15) is 0 Å².